The standard InChI is InChI=1S/C10H12ClN3/c1-14-7-3-6-13-10(14)8-4-2-5-12-9(8)11/h2,4-5H,3,6-7H2,1H3. The lowest BCUT2D eigenvalue weighted by atomic mass is 10.2. The first kappa shape index (κ1) is 9.46. The average Bonchev–Trinajstić information content (AvgIpc) is 2.20. The van der Waals surface area contributed by atoms with Crippen LogP contribution < -0.4 is 0 Å². The molecule has 0 amide bonds. The normalized spacial score (nSPS) is 16.7. The summed E-state index contributed by atoms with van der Waals surface area (Å²) in [5, 5.41) is 0.528. The van der Waals surface area contributed by atoms with Gasteiger partial charge in [-0.05, 0) is 18.6 Å². The molecule has 3 nitrogen and oxygen atoms in total. The van der Waals surface area contributed by atoms with Crippen LogP contribution in [0.15, 0.2) is 23.3 Å². The van der Waals surface area contributed by atoms with E-state index in [4.69, 9.17) is 11.6 Å². The molecule has 1 aromatic heterocycles. The lowest BCUT2D eigenvalue weighted by Gasteiger charge is -2.25. The highest BCUT2D eigenvalue weighted by molar-refractivity contribution is 6.32. The average molecular weight is 210 g/mol. The summed E-state index contributed by atoms with van der Waals surface area (Å²) >= 11 is 6.00. The van der Waals surface area contributed by atoms with Crippen LogP contribution in [0.5, 0.6) is 0 Å². The molecule has 1 aliphatic rings. The quantitative estimate of drug-likeness (QED) is 0.661. The maximum Gasteiger partial charge on any atom is 0.139 e. The van der Waals surface area contributed by atoms with Gasteiger partial charge in [0, 0.05) is 26.3 Å². The molecule has 4 heteroatoms. The molecule has 0 bridgehead atoms. The fourth-order valence-corrected chi connectivity index (χ4v) is 1.77. The molecule has 0 radical (unpaired) electrons. The number of rotatable bonds is 1. The van der Waals surface area contributed by atoms with Gasteiger partial charge >= 0.3 is 0 Å². The maximum atomic E-state index is 6.00. The highest BCUT2D eigenvalue weighted by Crippen LogP contribution is 2.16. The van der Waals surface area contributed by atoms with Crippen LogP contribution in [-0.4, -0.2) is 35.9 Å². The van der Waals surface area contributed by atoms with Crippen molar-refractivity contribution >= 4 is 17.4 Å². The van der Waals surface area contributed by atoms with E-state index in [1.807, 2.05) is 19.2 Å². The van der Waals surface area contributed by atoms with E-state index >= 15 is 0 Å². The van der Waals surface area contributed by atoms with Crippen molar-refractivity contribution in [3.8, 4) is 0 Å². The molecule has 0 saturated heterocycles. The van der Waals surface area contributed by atoms with Crippen LogP contribution in [0.25, 0.3) is 0 Å². The van der Waals surface area contributed by atoms with Crippen LogP contribution in [0.2, 0.25) is 5.15 Å². The minimum atomic E-state index is 0.528. The van der Waals surface area contributed by atoms with E-state index < -0.39 is 0 Å². The number of hydrogen-bond donors (Lipinski definition) is 0. The number of halogens is 1. The molecule has 0 aromatic carbocycles. The summed E-state index contributed by atoms with van der Waals surface area (Å²) < 4.78 is 0. The van der Waals surface area contributed by atoms with Gasteiger partial charge in [-0.3, -0.25) is 4.99 Å². The molecule has 0 aliphatic carbocycles. The molecular formula is C10H12ClN3. The van der Waals surface area contributed by atoms with Crippen molar-refractivity contribution in [2.75, 3.05) is 20.1 Å². The van der Waals surface area contributed by atoms with Crippen molar-refractivity contribution in [3.63, 3.8) is 0 Å². The van der Waals surface area contributed by atoms with E-state index in [1.54, 1.807) is 6.20 Å². The van der Waals surface area contributed by atoms with E-state index in [2.05, 4.69) is 14.9 Å². The number of aliphatic imine (C=N–C) groups is 1. The zero-order valence-corrected chi connectivity index (χ0v) is 8.83. The fourth-order valence-electron chi connectivity index (χ4n) is 1.56. The molecule has 2 heterocycles. The largest absolute Gasteiger partial charge is 0.359 e. The number of hydrogen-bond acceptors (Lipinski definition) is 3. The third kappa shape index (κ3) is 1.73. The predicted octanol–water partition coefficient (Wildman–Crippen LogP) is 1.82. The lowest BCUT2D eigenvalue weighted by Crippen LogP contribution is -2.33. The smallest absolute Gasteiger partial charge is 0.139 e. The van der Waals surface area contributed by atoms with Crippen LogP contribution in [0, 0.1) is 0 Å². The van der Waals surface area contributed by atoms with Crippen molar-refractivity contribution < 1.29 is 0 Å². The molecular weight excluding hydrogens is 198 g/mol. The second kappa shape index (κ2) is 3.96. The molecule has 0 fully saturated rings. The summed E-state index contributed by atoms with van der Waals surface area (Å²) in [4.78, 5) is 10.6. The third-order valence-corrected chi connectivity index (χ3v) is 2.58. The first-order valence-electron chi connectivity index (χ1n) is 4.65. The van der Waals surface area contributed by atoms with Gasteiger partial charge < -0.3 is 4.90 Å². The number of amidine groups is 1. The summed E-state index contributed by atoms with van der Waals surface area (Å²) in [7, 11) is 2.03. The second-order valence-electron chi connectivity index (χ2n) is 3.32. The zero-order chi connectivity index (χ0) is 9.97. The van der Waals surface area contributed by atoms with Gasteiger partial charge in [-0.25, -0.2) is 4.98 Å². The Balaban J connectivity index is 2.39. The molecule has 0 spiro atoms. The van der Waals surface area contributed by atoms with E-state index in [9.17, 15) is 0 Å². The highest BCUT2D eigenvalue weighted by atomic mass is 35.5. The van der Waals surface area contributed by atoms with Gasteiger partial charge in [-0.2, -0.15) is 0 Å². The summed E-state index contributed by atoms with van der Waals surface area (Å²) in [6.45, 7) is 1.91. The topological polar surface area (TPSA) is 28.5 Å². The van der Waals surface area contributed by atoms with Crippen LogP contribution in [-0.2, 0) is 0 Å². The van der Waals surface area contributed by atoms with Crippen molar-refractivity contribution in [2.24, 2.45) is 4.99 Å². The van der Waals surface area contributed by atoms with E-state index in [1.165, 1.54) is 0 Å². The molecule has 1 aliphatic heterocycles. The number of pyridine rings is 1. The summed E-state index contributed by atoms with van der Waals surface area (Å²) in [5.41, 5.74) is 0.927. The van der Waals surface area contributed by atoms with Gasteiger partial charge in [-0.15, -0.1) is 0 Å². The lowest BCUT2D eigenvalue weighted by molar-refractivity contribution is 0.468. The van der Waals surface area contributed by atoms with Crippen molar-refractivity contribution in [2.45, 2.75) is 6.42 Å². The van der Waals surface area contributed by atoms with Crippen molar-refractivity contribution in [1.82, 2.24) is 9.88 Å². The van der Waals surface area contributed by atoms with E-state index in [0.29, 0.717) is 5.15 Å². The first-order valence-corrected chi connectivity index (χ1v) is 5.03. The Hall–Kier alpha value is -1.09. The second-order valence-corrected chi connectivity index (χ2v) is 3.68. The highest BCUT2D eigenvalue weighted by Gasteiger charge is 2.15. The SMILES string of the molecule is CN1CCCN=C1c1cccnc1Cl. The Morgan fingerprint density at radius 2 is 2.36 bits per heavy atom. The van der Waals surface area contributed by atoms with Crippen LogP contribution in [0.4, 0.5) is 0 Å². The summed E-state index contributed by atoms with van der Waals surface area (Å²) in [6, 6.07) is 3.84. The Morgan fingerprint density at radius 1 is 1.50 bits per heavy atom. The minimum absolute atomic E-state index is 0.528. The van der Waals surface area contributed by atoms with Gasteiger partial charge in [0.1, 0.15) is 11.0 Å². The molecule has 2 rings (SSSR count). The summed E-state index contributed by atoms with van der Waals surface area (Å²) in [6.07, 6.45) is 2.80. The molecule has 0 saturated carbocycles. The van der Waals surface area contributed by atoms with Gasteiger partial charge in [0.05, 0.1) is 5.56 Å². The molecule has 0 atom stereocenters. The van der Waals surface area contributed by atoms with Gasteiger partial charge in [0.15, 0.2) is 0 Å². The Labute approximate surface area is 88.4 Å². The van der Waals surface area contributed by atoms with Gasteiger partial charge in [-0.1, -0.05) is 11.6 Å². The van der Waals surface area contributed by atoms with Gasteiger partial charge in [0.2, 0.25) is 0 Å². The molecule has 0 unspecified atom stereocenters. The van der Waals surface area contributed by atoms with E-state index in [-0.39, 0.29) is 0 Å². The Morgan fingerprint density at radius 3 is 3.07 bits per heavy atom. The van der Waals surface area contributed by atoms with Crippen LogP contribution >= 0.6 is 11.6 Å². The molecule has 74 valence electrons. The third-order valence-electron chi connectivity index (χ3n) is 2.27. The van der Waals surface area contributed by atoms with Crippen LogP contribution in [0.3, 0.4) is 0 Å². The van der Waals surface area contributed by atoms with Crippen molar-refractivity contribution in [3.05, 3.63) is 29.0 Å². The zero-order valence-electron chi connectivity index (χ0n) is 8.07. The Kier molecular flexibility index (Phi) is 2.68. The van der Waals surface area contributed by atoms with Gasteiger partial charge in [0.25, 0.3) is 0 Å². The fraction of sp³-hybridized carbons (Fsp3) is 0.400. The number of aromatic nitrogens is 1. The number of nitrogens with zero attached hydrogens (tertiary/aromatic N) is 3. The van der Waals surface area contributed by atoms with Crippen LogP contribution in [0.1, 0.15) is 12.0 Å². The minimum Gasteiger partial charge on any atom is -0.359 e. The van der Waals surface area contributed by atoms with E-state index in [0.717, 1.165) is 30.9 Å². The monoisotopic (exact) mass is 209 g/mol. The molecule has 1 aromatic rings. The van der Waals surface area contributed by atoms with Crippen molar-refractivity contribution in [1.29, 1.82) is 0 Å². The molecule has 0 N–H and O–H groups in total. The maximum absolute atomic E-state index is 6.00. The molecule has 14 heavy (non-hydrogen) atoms. The predicted molar refractivity (Wildman–Crippen MR) is 57.9 cm³/mol. The summed E-state index contributed by atoms with van der Waals surface area (Å²) in [5.74, 6) is 0.953. The first-order chi connectivity index (χ1) is 6.79. The Bertz CT molecular complexity index is 362.